The van der Waals surface area contributed by atoms with Crippen LogP contribution >= 0.6 is 0 Å². The Morgan fingerprint density at radius 1 is 1.52 bits per heavy atom. The minimum Gasteiger partial charge on any atom is -0.504 e. The van der Waals surface area contributed by atoms with E-state index in [9.17, 15) is 5.11 Å². The van der Waals surface area contributed by atoms with Crippen LogP contribution in [0.2, 0.25) is 0 Å². The van der Waals surface area contributed by atoms with Crippen LogP contribution in [0.15, 0.2) is 17.1 Å². The van der Waals surface area contributed by atoms with E-state index >= 15 is 0 Å². The highest BCUT2D eigenvalue weighted by Crippen LogP contribution is 2.77. The summed E-state index contributed by atoms with van der Waals surface area (Å²) in [6, 6.07) is 4.19. The number of fused-ring (bicyclic) bond motifs is 1. The van der Waals surface area contributed by atoms with E-state index < -0.39 is 0 Å². The fourth-order valence-electron chi connectivity index (χ4n) is 7.43. The number of methoxy groups -OCH3 is 1. The third-order valence-electron chi connectivity index (χ3n) is 8.22. The largest absolute Gasteiger partial charge is 0.504 e. The van der Waals surface area contributed by atoms with Gasteiger partial charge in [0.05, 0.1) is 17.1 Å². The molecule has 2 heterocycles. The highest BCUT2D eigenvalue weighted by atomic mass is 16.5. The van der Waals surface area contributed by atoms with E-state index in [2.05, 4.69) is 23.0 Å². The Morgan fingerprint density at radius 2 is 2.33 bits per heavy atom. The number of nitrogens with two attached hydrogens (primary N) is 1. The zero-order chi connectivity index (χ0) is 18.8. The van der Waals surface area contributed by atoms with Crippen molar-refractivity contribution in [3.8, 4) is 11.5 Å². The van der Waals surface area contributed by atoms with Crippen molar-refractivity contribution in [3.63, 3.8) is 0 Å². The maximum absolute atomic E-state index is 10.6. The van der Waals surface area contributed by atoms with Crippen LogP contribution in [0.1, 0.15) is 30.4 Å². The number of phenols is 1. The SMILES string of the molecule is CO[C@@]12CCC(/C=N/C(=N)N)[C@@H]3Oc4c(O)ccc5c4[C@@]31CC1(C5)C2N1C. The number of piperidine rings is 1. The Balaban J connectivity index is 1.61. The molecule has 2 saturated carbocycles. The van der Waals surface area contributed by atoms with Crippen molar-refractivity contribution >= 4 is 12.2 Å². The van der Waals surface area contributed by atoms with Crippen LogP contribution in [0.25, 0.3) is 0 Å². The summed E-state index contributed by atoms with van der Waals surface area (Å²) in [6.07, 6.45) is 5.35. The molecule has 3 fully saturated rings. The van der Waals surface area contributed by atoms with Crippen LogP contribution in [0.3, 0.4) is 0 Å². The standard InChI is InChI=1S/C20H24N4O3/c1-24-16-18(24)7-10-3-4-12(25)14-13(10)19(9-18)15(27-14)11(8-23-17(21)22)5-6-20(16,19)26-2/h3-4,8,11,15-16,25H,5-7,9H2,1-2H3,(H3,21,22)/b23-8+/t11?,15-,16?,18?,19-,20+,24?/m0/s1. The minimum atomic E-state index is -0.322. The first kappa shape index (κ1) is 15.9. The van der Waals surface area contributed by atoms with Gasteiger partial charge in [-0.1, -0.05) is 6.07 Å². The van der Waals surface area contributed by atoms with E-state index in [1.807, 2.05) is 7.11 Å². The van der Waals surface area contributed by atoms with Crippen LogP contribution < -0.4 is 10.5 Å². The molecule has 0 radical (unpaired) electrons. The van der Waals surface area contributed by atoms with Gasteiger partial charge in [-0.05, 0) is 44.4 Å². The number of nitrogens with one attached hydrogen (secondary N) is 1. The first-order valence-corrected chi connectivity index (χ1v) is 9.59. The van der Waals surface area contributed by atoms with E-state index in [-0.39, 0.29) is 40.3 Å². The second kappa shape index (κ2) is 4.47. The first-order chi connectivity index (χ1) is 12.9. The third kappa shape index (κ3) is 1.45. The zero-order valence-electron chi connectivity index (χ0n) is 15.5. The molecule has 2 bridgehead atoms. The Kier molecular flexibility index (Phi) is 2.63. The van der Waals surface area contributed by atoms with E-state index in [0.29, 0.717) is 11.8 Å². The van der Waals surface area contributed by atoms with Gasteiger partial charge in [-0.15, -0.1) is 0 Å². The minimum absolute atomic E-state index is 0.0368. The van der Waals surface area contributed by atoms with E-state index in [4.69, 9.17) is 20.6 Å². The molecule has 0 aromatic heterocycles. The second-order valence-corrected chi connectivity index (χ2v) is 8.89. The van der Waals surface area contributed by atoms with Gasteiger partial charge in [0.1, 0.15) is 6.10 Å². The number of phenolic OH excluding ortho intramolecular Hbond substituents is 1. The van der Waals surface area contributed by atoms with Crippen LogP contribution in [-0.2, 0) is 16.6 Å². The lowest BCUT2D eigenvalue weighted by Gasteiger charge is -2.54. The number of ether oxygens (including phenoxy) is 2. The fraction of sp³-hybridized carbons (Fsp3) is 0.600. The van der Waals surface area contributed by atoms with Gasteiger partial charge in [0.15, 0.2) is 11.5 Å². The summed E-state index contributed by atoms with van der Waals surface area (Å²) in [4.78, 5) is 6.56. The predicted octanol–water partition coefficient (Wildman–Crippen LogP) is 1.16. The van der Waals surface area contributed by atoms with Gasteiger partial charge < -0.3 is 20.3 Å². The van der Waals surface area contributed by atoms with Crippen molar-refractivity contribution < 1.29 is 14.6 Å². The fourth-order valence-corrected chi connectivity index (χ4v) is 7.43. The van der Waals surface area contributed by atoms with Crippen LogP contribution in [-0.4, -0.2) is 59.6 Å². The smallest absolute Gasteiger partial charge is 0.212 e. The van der Waals surface area contributed by atoms with Crippen LogP contribution in [0.4, 0.5) is 0 Å². The molecule has 27 heavy (non-hydrogen) atoms. The normalized spacial score (nSPS) is 47.5. The highest BCUT2D eigenvalue weighted by molar-refractivity contribution is 5.85. The number of rotatable bonds is 2. The summed E-state index contributed by atoms with van der Waals surface area (Å²) < 4.78 is 12.9. The van der Waals surface area contributed by atoms with Crippen LogP contribution in [0, 0.1) is 11.3 Å². The van der Waals surface area contributed by atoms with Crippen molar-refractivity contribution in [2.24, 2.45) is 16.6 Å². The average molecular weight is 368 g/mol. The molecule has 6 rings (SSSR count). The van der Waals surface area contributed by atoms with Gasteiger partial charge in [-0.3, -0.25) is 10.3 Å². The molecule has 1 aromatic carbocycles. The summed E-state index contributed by atoms with van der Waals surface area (Å²) in [5.41, 5.74) is 7.40. The Bertz CT molecular complexity index is 932. The van der Waals surface area contributed by atoms with Crippen molar-refractivity contribution in [3.05, 3.63) is 23.3 Å². The lowest BCUT2D eigenvalue weighted by Crippen LogP contribution is -2.65. The number of nitrogens with zero attached hydrogens (tertiary/aromatic N) is 2. The molecule has 7 nitrogen and oxygen atoms in total. The number of likely N-dealkylation sites (tertiary alicyclic amines) is 1. The van der Waals surface area contributed by atoms with Crippen molar-refractivity contribution in [2.75, 3.05) is 14.2 Å². The van der Waals surface area contributed by atoms with Gasteiger partial charge in [0.25, 0.3) is 0 Å². The Labute approximate surface area is 157 Å². The highest BCUT2D eigenvalue weighted by Gasteiger charge is 2.88. The molecular formula is C20H24N4O3. The summed E-state index contributed by atoms with van der Waals surface area (Å²) >= 11 is 0. The summed E-state index contributed by atoms with van der Waals surface area (Å²) in [5.74, 6) is 0.675. The maximum Gasteiger partial charge on any atom is 0.212 e. The second-order valence-electron chi connectivity index (χ2n) is 8.89. The summed E-state index contributed by atoms with van der Waals surface area (Å²) in [5, 5.41) is 18.0. The van der Waals surface area contributed by atoms with E-state index in [0.717, 1.165) is 31.2 Å². The van der Waals surface area contributed by atoms with Crippen molar-refractivity contribution in [1.82, 2.24) is 4.90 Å². The Hall–Kier alpha value is -2.12. The molecular weight excluding hydrogens is 344 g/mol. The molecule has 1 saturated heterocycles. The lowest BCUT2D eigenvalue weighted by atomic mass is 9.55. The number of hydrogen-bond donors (Lipinski definition) is 3. The molecule has 0 amide bonds. The molecule has 1 aromatic rings. The zero-order valence-corrected chi connectivity index (χ0v) is 15.5. The monoisotopic (exact) mass is 368 g/mol. The number of guanidine groups is 1. The first-order valence-electron chi connectivity index (χ1n) is 9.59. The summed E-state index contributed by atoms with van der Waals surface area (Å²) in [7, 11) is 4.04. The van der Waals surface area contributed by atoms with Gasteiger partial charge >= 0.3 is 0 Å². The van der Waals surface area contributed by atoms with Crippen molar-refractivity contribution in [1.29, 1.82) is 5.41 Å². The van der Waals surface area contributed by atoms with E-state index in [1.165, 1.54) is 5.56 Å². The molecule has 4 N–H and O–H groups in total. The quantitative estimate of drug-likeness (QED) is 0.413. The maximum atomic E-state index is 10.6. The lowest BCUT2D eigenvalue weighted by molar-refractivity contribution is -0.136. The molecule has 7 heteroatoms. The van der Waals surface area contributed by atoms with Gasteiger partial charge in [0, 0.05) is 30.3 Å². The predicted molar refractivity (Wildman–Crippen MR) is 99.7 cm³/mol. The number of hydrogen-bond acceptors (Lipinski definition) is 5. The Morgan fingerprint density at radius 3 is 3.07 bits per heavy atom. The number of aliphatic imine (C=N–C) groups is 1. The average Bonchev–Trinajstić information content (AvgIpc) is 2.97. The number of aromatic hydroxyl groups is 1. The molecule has 2 aliphatic heterocycles. The number of benzene rings is 1. The van der Waals surface area contributed by atoms with Crippen LogP contribution in [0.5, 0.6) is 11.5 Å². The molecule has 4 unspecified atom stereocenters. The molecule has 142 valence electrons. The topological polar surface area (TPSA) is 104 Å². The van der Waals surface area contributed by atoms with Gasteiger partial charge in [0.2, 0.25) is 5.96 Å². The third-order valence-corrected chi connectivity index (χ3v) is 8.22. The molecule has 5 aliphatic rings. The molecule has 3 aliphatic carbocycles. The number of likely N-dealkylation sites (N-methyl/N-ethyl adjacent to an activating group) is 1. The molecule has 7 atom stereocenters. The van der Waals surface area contributed by atoms with Crippen molar-refractivity contribution in [2.45, 2.75) is 54.4 Å². The molecule has 2 spiro atoms. The van der Waals surface area contributed by atoms with Gasteiger partial charge in [-0.2, -0.15) is 0 Å². The summed E-state index contributed by atoms with van der Waals surface area (Å²) in [6.45, 7) is 0. The van der Waals surface area contributed by atoms with E-state index in [1.54, 1.807) is 12.3 Å². The van der Waals surface area contributed by atoms with Gasteiger partial charge in [-0.25, -0.2) is 4.99 Å².